The molecule has 0 spiro atoms. The number of halogens is 2. The third kappa shape index (κ3) is 2.53. The van der Waals surface area contributed by atoms with Crippen LogP contribution in [0.3, 0.4) is 0 Å². The van der Waals surface area contributed by atoms with E-state index in [9.17, 15) is 0 Å². The fourth-order valence-electron chi connectivity index (χ4n) is 3.32. The fourth-order valence-corrected chi connectivity index (χ4v) is 4.47. The fraction of sp³-hybridized carbons (Fsp3) is 0.200. The Bertz CT molecular complexity index is 743. The van der Waals surface area contributed by atoms with Crippen LogP contribution in [0.15, 0.2) is 45.4 Å². The molecule has 0 fully saturated rings. The highest BCUT2D eigenvalue weighted by molar-refractivity contribution is 9.11. The van der Waals surface area contributed by atoms with E-state index in [0.717, 1.165) is 25.7 Å². The molecule has 2 heteroatoms. The van der Waals surface area contributed by atoms with Crippen molar-refractivity contribution in [2.24, 2.45) is 0 Å². The van der Waals surface area contributed by atoms with E-state index in [1.54, 1.807) is 0 Å². The molecule has 0 heterocycles. The Kier molecular flexibility index (Phi) is 3.83. The summed E-state index contributed by atoms with van der Waals surface area (Å²) in [5.74, 6) is 0. The van der Waals surface area contributed by atoms with Crippen molar-refractivity contribution >= 4 is 44.0 Å². The molecule has 4 rings (SSSR count). The van der Waals surface area contributed by atoms with Gasteiger partial charge in [-0.25, -0.2) is 0 Å². The zero-order valence-electron chi connectivity index (χ0n) is 12.2. The van der Waals surface area contributed by atoms with Gasteiger partial charge in [0.2, 0.25) is 0 Å². The summed E-state index contributed by atoms with van der Waals surface area (Å²) < 4.78 is 2.34. The van der Waals surface area contributed by atoms with Crippen LogP contribution in [-0.4, -0.2) is 0 Å². The van der Waals surface area contributed by atoms with Crippen molar-refractivity contribution in [3.8, 4) is 11.1 Å². The highest BCUT2D eigenvalue weighted by Crippen LogP contribution is 2.39. The Morgan fingerprint density at radius 1 is 0.636 bits per heavy atom. The quantitative estimate of drug-likeness (QED) is 0.480. The van der Waals surface area contributed by atoms with Gasteiger partial charge in [0, 0.05) is 8.95 Å². The van der Waals surface area contributed by atoms with E-state index in [1.165, 1.54) is 42.3 Å². The number of fused-ring (bicyclic) bond motifs is 2. The number of allylic oxidation sites excluding steroid dienone is 2. The van der Waals surface area contributed by atoms with Crippen LogP contribution in [0.25, 0.3) is 23.3 Å². The third-order valence-corrected chi connectivity index (χ3v) is 5.82. The van der Waals surface area contributed by atoms with E-state index < -0.39 is 0 Å². The van der Waals surface area contributed by atoms with Crippen molar-refractivity contribution in [2.75, 3.05) is 0 Å². The van der Waals surface area contributed by atoms with E-state index in [1.807, 2.05) is 0 Å². The smallest absolute Gasteiger partial charge is 0.0260 e. The van der Waals surface area contributed by atoms with E-state index in [0.29, 0.717) is 0 Å². The Balaban J connectivity index is 1.89. The summed E-state index contributed by atoms with van der Waals surface area (Å²) in [5, 5.41) is 0. The summed E-state index contributed by atoms with van der Waals surface area (Å²) in [6, 6.07) is 9.22. The van der Waals surface area contributed by atoms with Crippen LogP contribution in [0.1, 0.15) is 35.1 Å². The van der Waals surface area contributed by atoms with Gasteiger partial charge in [-0.1, -0.05) is 56.2 Å². The van der Waals surface area contributed by atoms with Gasteiger partial charge >= 0.3 is 0 Å². The molecule has 0 nitrogen and oxygen atoms in total. The lowest BCUT2D eigenvalue weighted by molar-refractivity contribution is 0.982. The Hall–Kier alpha value is -1.12. The summed E-state index contributed by atoms with van der Waals surface area (Å²) in [7, 11) is 0. The number of hydrogen-bond donors (Lipinski definition) is 0. The molecule has 0 aromatic heterocycles. The van der Waals surface area contributed by atoms with Crippen LogP contribution < -0.4 is 0 Å². The largest absolute Gasteiger partial charge is 0.0836 e. The summed E-state index contributed by atoms with van der Waals surface area (Å²) in [5.41, 5.74) is 8.17. The molecule has 110 valence electrons. The zero-order valence-corrected chi connectivity index (χ0v) is 15.4. The van der Waals surface area contributed by atoms with E-state index in [2.05, 4.69) is 80.4 Å². The first-order valence-corrected chi connectivity index (χ1v) is 9.29. The lowest BCUT2D eigenvalue weighted by atomic mass is 9.90. The number of benzene rings is 2. The van der Waals surface area contributed by atoms with Crippen molar-refractivity contribution in [3.05, 3.63) is 67.6 Å². The molecule has 0 saturated heterocycles. The maximum absolute atomic E-state index is 3.77. The molecule has 0 atom stereocenters. The molecule has 0 bridgehead atoms. The van der Waals surface area contributed by atoms with E-state index in [-0.39, 0.29) is 0 Å². The average molecular weight is 416 g/mol. The number of hydrogen-bond acceptors (Lipinski definition) is 0. The predicted molar refractivity (Wildman–Crippen MR) is 102 cm³/mol. The topological polar surface area (TPSA) is 0 Å². The van der Waals surface area contributed by atoms with E-state index in [4.69, 9.17) is 0 Å². The monoisotopic (exact) mass is 414 g/mol. The Morgan fingerprint density at radius 2 is 1.09 bits per heavy atom. The normalized spacial score (nSPS) is 15.5. The number of rotatable bonds is 1. The second kappa shape index (κ2) is 5.82. The summed E-state index contributed by atoms with van der Waals surface area (Å²) in [4.78, 5) is 0. The lowest BCUT2D eigenvalue weighted by Gasteiger charge is -2.18. The Labute approximate surface area is 148 Å². The van der Waals surface area contributed by atoms with Crippen LogP contribution >= 0.6 is 31.9 Å². The summed E-state index contributed by atoms with van der Waals surface area (Å²) in [6.07, 6.45) is 13.6. The standard InChI is InChI=1S/C20H16Br2/c21-19-11-15-7-3-1-5-13(15)9-17(19)18-10-14-6-2-4-8-16(14)12-20(18)22/h3-4,7-12H,1-2,5-6H2. The van der Waals surface area contributed by atoms with Gasteiger partial charge in [-0.3, -0.25) is 0 Å². The van der Waals surface area contributed by atoms with Gasteiger partial charge in [0.15, 0.2) is 0 Å². The van der Waals surface area contributed by atoms with Gasteiger partial charge in [-0.05, 0) is 83.3 Å². The maximum Gasteiger partial charge on any atom is 0.0260 e. The number of aryl methyl sites for hydroxylation is 2. The second-order valence-electron chi connectivity index (χ2n) is 5.94. The average Bonchev–Trinajstić information content (AvgIpc) is 2.54. The highest BCUT2D eigenvalue weighted by Gasteiger charge is 2.15. The van der Waals surface area contributed by atoms with Gasteiger partial charge in [-0.15, -0.1) is 0 Å². The van der Waals surface area contributed by atoms with Crippen LogP contribution in [-0.2, 0) is 12.8 Å². The van der Waals surface area contributed by atoms with Gasteiger partial charge in [-0.2, -0.15) is 0 Å². The first kappa shape index (κ1) is 14.5. The summed E-state index contributed by atoms with van der Waals surface area (Å²) >= 11 is 7.55. The molecule has 22 heavy (non-hydrogen) atoms. The molecule has 0 aliphatic heterocycles. The minimum atomic E-state index is 1.14. The lowest BCUT2D eigenvalue weighted by Crippen LogP contribution is -1.98. The molecule has 0 saturated carbocycles. The minimum Gasteiger partial charge on any atom is -0.0836 e. The van der Waals surface area contributed by atoms with Crippen molar-refractivity contribution in [2.45, 2.75) is 25.7 Å². The van der Waals surface area contributed by atoms with Gasteiger partial charge in [0.1, 0.15) is 0 Å². The van der Waals surface area contributed by atoms with Crippen LogP contribution in [0.5, 0.6) is 0 Å². The van der Waals surface area contributed by atoms with Crippen LogP contribution in [0.4, 0.5) is 0 Å². The predicted octanol–water partition coefficient (Wildman–Crippen LogP) is 6.80. The molecule has 0 radical (unpaired) electrons. The van der Waals surface area contributed by atoms with Crippen molar-refractivity contribution in [1.82, 2.24) is 0 Å². The highest BCUT2D eigenvalue weighted by atomic mass is 79.9. The third-order valence-electron chi connectivity index (χ3n) is 4.50. The van der Waals surface area contributed by atoms with Gasteiger partial charge < -0.3 is 0 Å². The first-order chi connectivity index (χ1) is 10.7. The molecule has 0 unspecified atom stereocenters. The van der Waals surface area contributed by atoms with Gasteiger partial charge in [0.25, 0.3) is 0 Å². The summed E-state index contributed by atoms with van der Waals surface area (Å²) in [6.45, 7) is 0. The molecular formula is C20H16Br2. The van der Waals surface area contributed by atoms with Crippen molar-refractivity contribution in [1.29, 1.82) is 0 Å². The SMILES string of the molecule is Brc1cc2c(cc1-c1cc3c(cc1Br)C=CCC3)CCC=C2. The van der Waals surface area contributed by atoms with Crippen molar-refractivity contribution < 1.29 is 0 Å². The van der Waals surface area contributed by atoms with Crippen LogP contribution in [0.2, 0.25) is 0 Å². The van der Waals surface area contributed by atoms with Gasteiger partial charge in [0.05, 0.1) is 0 Å². The molecular weight excluding hydrogens is 400 g/mol. The van der Waals surface area contributed by atoms with Crippen molar-refractivity contribution in [3.63, 3.8) is 0 Å². The molecule has 0 N–H and O–H groups in total. The second-order valence-corrected chi connectivity index (χ2v) is 7.65. The van der Waals surface area contributed by atoms with Crippen LogP contribution in [0, 0.1) is 0 Å². The molecule has 2 aromatic carbocycles. The van der Waals surface area contributed by atoms with E-state index >= 15 is 0 Å². The molecule has 0 amide bonds. The Morgan fingerprint density at radius 3 is 1.55 bits per heavy atom. The molecule has 2 aromatic rings. The molecule has 2 aliphatic carbocycles. The maximum atomic E-state index is 3.77. The molecule has 2 aliphatic rings. The minimum absolute atomic E-state index is 1.14. The first-order valence-electron chi connectivity index (χ1n) is 7.70. The zero-order chi connectivity index (χ0) is 15.1.